The van der Waals surface area contributed by atoms with Crippen molar-refractivity contribution in [1.29, 1.82) is 0 Å². The van der Waals surface area contributed by atoms with Gasteiger partial charge in [0.05, 0.1) is 5.69 Å². The van der Waals surface area contributed by atoms with E-state index in [1.54, 1.807) is 0 Å². The van der Waals surface area contributed by atoms with Crippen LogP contribution in [0.25, 0.3) is 43.5 Å². The summed E-state index contributed by atoms with van der Waals surface area (Å²) in [5.41, 5.74) is 14.4. The molecule has 0 saturated carbocycles. The minimum absolute atomic E-state index is 0.0591. The second kappa shape index (κ2) is 9.35. The summed E-state index contributed by atoms with van der Waals surface area (Å²) in [5.74, 6) is 0. The van der Waals surface area contributed by atoms with E-state index in [9.17, 15) is 0 Å². The van der Waals surface area contributed by atoms with Crippen molar-refractivity contribution in [2.75, 3.05) is 23.4 Å². The number of nitrogens with zero attached hydrogens (tertiary/aromatic N) is 2. The molecule has 4 heterocycles. The Hall–Kier alpha value is -4.80. The fraction of sp³-hybridized carbons (Fsp3) is 0.150. The normalized spacial score (nSPS) is 18.8. The molecule has 5 aromatic rings. The first-order chi connectivity index (χ1) is 21.5. The fourth-order valence-electron chi connectivity index (χ4n) is 7.50. The van der Waals surface area contributed by atoms with Crippen LogP contribution in [0.3, 0.4) is 0 Å². The van der Waals surface area contributed by atoms with Crippen LogP contribution in [0, 0.1) is 0 Å². The van der Waals surface area contributed by atoms with Crippen LogP contribution in [0.5, 0.6) is 0 Å². The predicted molar refractivity (Wildman–Crippen MR) is 188 cm³/mol. The number of likely N-dealkylation sites (N-methyl/N-ethyl adjacent to an activating group) is 1. The molecule has 1 aliphatic carbocycles. The predicted octanol–water partition coefficient (Wildman–Crippen LogP) is 9.57. The van der Waals surface area contributed by atoms with E-state index < -0.39 is 0 Å². The van der Waals surface area contributed by atoms with E-state index in [0.717, 1.165) is 6.54 Å². The molecule has 44 heavy (non-hydrogen) atoms. The SMILES string of the molecule is CN1c2c(sc3ccccc23)N2C=C(c3ccc(-c4ccc5c(c4)C(C)(C)c4cc(C6=CCNC=C6)ccc4-5)cc3)C=CC12. The van der Waals surface area contributed by atoms with E-state index in [-0.39, 0.29) is 11.6 Å². The number of allylic oxidation sites excluding steroid dienone is 4. The molecule has 9 rings (SSSR count). The molecular formula is C40H33N3S. The molecule has 0 saturated heterocycles. The summed E-state index contributed by atoms with van der Waals surface area (Å²) >= 11 is 1.88. The fourth-order valence-corrected chi connectivity index (χ4v) is 8.75. The smallest absolute Gasteiger partial charge is 0.126 e. The zero-order valence-corrected chi connectivity index (χ0v) is 26.0. The molecule has 0 spiro atoms. The first-order valence-corrected chi connectivity index (χ1v) is 16.2. The van der Waals surface area contributed by atoms with Crippen molar-refractivity contribution in [3.05, 3.63) is 144 Å². The molecule has 0 radical (unpaired) electrons. The summed E-state index contributed by atoms with van der Waals surface area (Å²) in [6, 6.07) is 31.9. The Morgan fingerprint density at radius 2 is 1.48 bits per heavy atom. The first kappa shape index (κ1) is 25.7. The summed E-state index contributed by atoms with van der Waals surface area (Å²) in [4.78, 5) is 4.84. The number of hydrogen-bond acceptors (Lipinski definition) is 4. The van der Waals surface area contributed by atoms with Gasteiger partial charge in [-0.25, -0.2) is 0 Å². The number of anilines is 2. The zero-order chi connectivity index (χ0) is 29.6. The molecular weight excluding hydrogens is 555 g/mol. The van der Waals surface area contributed by atoms with Gasteiger partial charge in [-0.1, -0.05) is 92.7 Å². The molecule has 0 fully saturated rings. The molecule has 4 aliphatic rings. The van der Waals surface area contributed by atoms with Crippen LogP contribution in [-0.2, 0) is 5.41 Å². The highest BCUT2D eigenvalue weighted by Crippen LogP contribution is 2.52. The highest BCUT2D eigenvalue weighted by Gasteiger charge is 2.37. The van der Waals surface area contributed by atoms with Crippen molar-refractivity contribution in [2.24, 2.45) is 0 Å². The van der Waals surface area contributed by atoms with Crippen LogP contribution < -0.4 is 15.1 Å². The van der Waals surface area contributed by atoms with Gasteiger partial charge in [-0.3, -0.25) is 0 Å². The van der Waals surface area contributed by atoms with Gasteiger partial charge in [-0.2, -0.15) is 0 Å². The highest BCUT2D eigenvalue weighted by atomic mass is 32.1. The lowest BCUT2D eigenvalue weighted by Gasteiger charge is -2.29. The van der Waals surface area contributed by atoms with Gasteiger partial charge in [0.15, 0.2) is 0 Å². The third kappa shape index (κ3) is 3.67. The maximum absolute atomic E-state index is 3.26. The number of nitrogens with one attached hydrogen (secondary N) is 1. The maximum Gasteiger partial charge on any atom is 0.126 e. The quantitative estimate of drug-likeness (QED) is 0.227. The number of hydrogen-bond donors (Lipinski definition) is 1. The molecule has 1 aromatic heterocycles. The van der Waals surface area contributed by atoms with Gasteiger partial charge in [0, 0.05) is 35.3 Å². The Morgan fingerprint density at radius 3 is 2.25 bits per heavy atom. The number of fused-ring (bicyclic) bond motifs is 8. The number of benzene rings is 4. The molecule has 4 aromatic carbocycles. The number of dihydropyridines is 1. The lowest BCUT2D eigenvalue weighted by atomic mass is 9.80. The standard InChI is InChI=1S/C40H33N3S/c1-40(2)34-22-28(12-15-31(34)32-16-13-29(23-35(32)40)27-18-20-41-21-19-27)25-8-10-26(11-9-25)30-14-17-37-42(3)38-33-6-4-5-7-36(33)44-39(38)43(37)24-30/h4-20,22-24,37,41H,21H2,1-3H3. The van der Waals surface area contributed by atoms with Gasteiger partial charge in [0.1, 0.15) is 11.2 Å². The van der Waals surface area contributed by atoms with Gasteiger partial charge in [0.25, 0.3) is 0 Å². The molecule has 0 bridgehead atoms. The third-order valence-electron chi connectivity index (χ3n) is 9.93. The Balaban J connectivity index is 1.02. The van der Waals surface area contributed by atoms with Crippen LogP contribution >= 0.6 is 11.3 Å². The van der Waals surface area contributed by atoms with Crippen LogP contribution in [0.15, 0.2) is 122 Å². The lowest BCUT2D eigenvalue weighted by Crippen LogP contribution is -2.38. The van der Waals surface area contributed by atoms with Gasteiger partial charge < -0.3 is 15.1 Å². The minimum atomic E-state index is -0.0591. The molecule has 4 heteroatoms. The van der Waals surface area contributed by atoms with Crippen LogP contribution in [0.1, 0.15) is 36.1 Å². The van der Waals surface area contributed by atoms with E-state index in [1.807, 2.05) is 17.5 Å². The molecule has 214 valence electrons. The van der Waals surface area contributed by atoms with Crippen molar-refractivity contribution in [1.82, 2.24) is 5.32 Å². The van der Waals surface area contributed by atoms with Crippen LogP contribution in [0.2, 0.25) is 0 Å². The molecule has 3 nitrogen and oxygen atoms in total. The van der Waals surface area contributed by atoms with Crippen LogP contribution in [-0.4, -0.2) is 19.8 Å². The van der Waals surface area contributed by atoms with E-state index in [2.05, 4.69) is 151 Å². The van der Waals surface area contributed by atoms with E-state index in [1.165, 1.54) is 76.4 Å². The topological polar surface area (TPSA) is 18.5 Å². The Morgan fingerprint density at radius 1 is 0.773 bits per heavy atom. The van der Waals surface area contributed by atoms with E-state index in [0.29, 0.717) is 0 Å². The minimum Gasteiger partial charge on any atom is -0.387 e. The summed E-state index contributed by atoms with van der Waals surface area (Å²) in [7, 11) is 2.21. The summed E-state index contributed by atoms with van der Waals surface area (Å²) in [5, 5.41) is 5.93. The second-order valence-electron chi connectivity index (χ2n) is 12.8. The number of rotatable bonds is 3. The van der Waals surface area contributed by atoms with Gasteiger partial charge in [-0.05, 0) is 92.2 Å². The summed E-state index contributed by atoms with van der Waals surface area (Å²) in [6.07, 6.45) is 13.6. The zero-order valence-electron chi connectivity index (χ0n) is 25.1. The molecule has 1 unspecified atom stereocenters. The van der Waals surface area contributed by atoms with E-state index >= 15 is 0 Å². The third-order valence-corrected chi connectivity index (χ3v) is 11.1. The molecule has 1 atom stereocenters. The molecule has 3 aliphatic heterocycles. The van der Waals surface area contributed by atoms with Crippen molar-refractivity contribution >= 4 is 43.3 Å². The van der Waals surface area contributed by atoms with E-state index in [4.69, 9.17) is 0 Å². The average molecular weight is 588 g/mol. The Kier molecular flexibility index (Phi) is 5.45. The first-order valence-electron chi connectivity index (χ1n) is 15.4. The Labute approximate surface area is 262 Å². The van der Waals surface area contributed by atoms with Crippen LogP contribution in [0.4, 0.5) is 10.7 Å². The molecule has 1 N–H and O–H groups in total. The van der Waals surface area contributed by atoms with Gasteiger partial charge >= 0.3 is 0 Å². The summed E-state index contributed by atoms with van der Waals surface area (Å²) in [6.45, 7) is 5.62. The number of thiophene rings is 1. The van der Waals surface area contributed by atoms with Crippen molar-refractivity contribution in [3.8, 4) is 22.3 Å². The molecule has 0 amide bonds. The van der Waals surface area contributed by atoms with Gasteiger partial charge in [0.2, 0.25) is 0 Å². The van der Waals surface area contributed by atoms with Crippen molar-refractivity contribution in [2.45, 2.75) is 25.4 Å². The summed E-state index contributed by atoms with van der Waals surface area (Å²) < 4.78 is 1.34. The van der Waals surface area contributed by atoms with Crippen molar-refractivity contribution < 1.29 is 0 Å². The monoisotopic (exact) mass is 587 g/mol. The van der Waals surface area contributed by atoms with Crippen molar-refractivity contribution in [3.63, 3.8) is 0 Å². The highest BCUT2D eigenvalue weighted by molar-refractivity contribution is 7.23. The van der Waals surface area contributed by atoms with Gasteiger partial charge in [-0.15, -0.1) is 11.3 Å². The second-order valence-corrected chi connectivity index (χ2v) is 13.8. The lowest BCUT2D eigenvalue weighted by molar-refractivity contribution is 0.660. The average Bonchev–Trinajstić information content (AvgIpc) is 3.66. The largest absolute Gasteiger partial charge is 0.387 e. The maximum atomic E-state index is 3.26. The Bertz CT molecular complexity index is 2120.